The molecule has 0 aromatic heterocycles. The van der Waals surface area contributed by atoms with Gasteiger partial charge < -0.3 is 9.64 Å². The van der Waals surface area contributed by atoms with Crippen LogP contribution in [0.15, 0.2) is 36.4 Å². The van der Waals surface area contributed by atoms with Gasteiger partial charge in [-0.25, -0.2) is 13.2 Å². The van der Waals surface area contributed by atoms with Crippen LogP contribution in [-0.4, -0.2) is 45.4 Å². The second-order valence-electron chi connectivity index (χ2n) is 9.45. The van der Waals surface area contributed by atoms with Crippen molar-refractivity contribution in [1.29, 1.82) is 0 Å². The van der Waals surface area contributed by atoms with Crippen molar-refractivity contribution in [3.8, 4) is 0 Å². The van der Waals surface area contributed by atoms with Crippen LogP contribution in [0.2, 0.25) is 10.0 Å². The maximum atomic E-state index is 12.8. The van der Waals surface area contributed by atoms with E-state index in [1.54, 1.807) is 24.1 Å². The van der Waals surface area contributed by atoms with Gasteiger partial charge in [0, 0.05) is 20.0 Å². The molecule has 0 aliphatic heterocycles. The number of ether oxygens (including phenoxy) is 1. The van der Waals surface area contributed by atoms with Gasteiger partial charge in [0.25, 0.3) is 0 Å². The average molecular weight is 513 g/mol. The monoisotopic (exact) mass is 512 g/mol. The van der Waals surface area contributed by atoms with Gasteiger partial charge in [0.05, 0.1) is 28.0 Å². The predicted molar refractivity (Wildman–Crippen MR) is 134 cm³/mol. The van der Waals surface area contributed by atoms with E-state index in [0.29, 0.717) is 22.2 Å². The van der Waals surface area contributed by atoms with Crippen LogP contribution in [-0.2, 0) is 14.8 Å². The molecular formula is C24H30Cl2N2O4S. The largest absolute Gasteiger partial charge is 0.444 e. The number of carbonyl (C=O) groups excluding carboxylic acids is 1. The fraction of sp³-hybridized carbons (Fsp3) is 0.458. The number of rotatable bonds is 4. The van der Waals surface area contributed by atoms with Gasteiger partial charge in [-0.1, -0.05) is 35.3 Å². The summed E-state index contributed by atoms with van der Waals surface area (Å²) in [4.78, 5) is 14.4. The maximum Gasteiger partial charge on any atom is 0.410 e. The van der Waals surface area contributed by atoms with Crippen molar-refractivity contribution in [1.82, 2.24) is 4.90 Å². The highest BCUT2D eigenvalue weighted by Crippen LogP contribution is 2.45. The quantitative estimate of drug-likeness (QED) is 0.487. The first kappa shape index (κ1) is 25.7. The molecule has 3 rings (SSSR count). The SMILES string of the molecule is CN(C(=O)OC(C)(C)C)[C@H]1CCC(c2ccc(Cl)c(Cl)c2)c2ccc(N(C)S(C)(=O)=O)cc21. The molecule has 0 radical (unpaired) electrons. The lowest BCUT2D eigenvalue weighted by atomic mass is 9.76. The lowest BCUT2D eigenvalue weighted by molar-refractivity contribution is 0.0202. The van der Waals surface area contributed by atoms with Gasteiger partial charge in [0.15, 0.2) is 0 Å². The van der Waals surface area contributed by atoms with Gasteiger partial charge in [-0.2, -0.15) is 0 Å². The third-order valence-corrected chi connectivity index (χ3v) is 7.83. The predicted octanol–water partition coefficient (Wildman–Crippen LogP) is 6.22. The first-order chi connectivity index (χ1) is 15.2. The number of carbonyl (C=O) groups is 1. The minimum Gasteiger partial charge on any atom is -0.444 e. The Bertz CT molecular complexity index is 1160. The molecule has 0 heterocycles. The molecule has 0 bridgehead atoms. The molecule has 1 aliphatic rings. The number of anilines is 1. The minimum atomic E-state index is -3.44. The van der Waals surface area contributed by atoms with Crippen LogP contribution in [0.4, 0.5) is 10.5 Å². The van der Waals surface area contributed by atoms with Crippen LogP contribution in [0.3, 0.4) is 0 Å². The fourth-order valence-electron chi connectivity index (χ4n) is 4.13. The molecule has 0 fully saturated rings. The molecular weight excluding hydrogens is 483 g/mol. The third-order valence-electron chi connectivity index (χ3n) is 5.89. The highest BCUT2D eigenvalue weighted by Gasteiger charge is 2.34. The van der Waals surface area contributed by atoms with Gasteiger partial charge in [-0.15, -0.1) is 0 Å². The van der Waals surface area contributed by atoms with Crippen molar-refractivity contribution in [2.75, 3.05) is 24.7 Å². The summed E-state index contributed by atoms with van der Waals surface area (Å²) in [5.41, 5.74) is 2.84. The van der Waals surface area contributed by atoms with Gasteiger partial charge in [0.2, 0.25) is 10.0 Å². The summed E-state index contributed by atoms with van der Waals surface area (Å²) in [7, 11) is -0.207. The van der Waals surface area contributed by atoms with Gasteiger partial charge >= 0.3 is 6.09 Å². The standard InChI is InChI=1S/C24H30Cl2N2O4S/c1-24(2,3)32-23(29)27(4)22-12-10-17(15-7-11-20(25)21(26)13-15)18-9-8-16(14-19(18)22)28(5)33(6,30)31/h7-9,11,13-14,17,22H,10,12H2,1-6H3/t17?,22-/m0/s1. The molecule has 0 N–H and O–H groups in total. The van der Waals surface area contributed by atoms with E-state index in [1.165, 1.54) is 11.4 Å². The van der Waals surface area contributed by atoms with E-state index in [2.05, 4.69) is 0 Å². The molecule has 33 heavy (non-hydrogen) atoms. The van der Waals surface area contributed by atoms with Crippen molar-refractivity contribution in [2.45, 2.75) is 51.2 Å². The zero-order valence-corrected chi connectivity index (χ0v) is 22.1. The number of nitrogens with zero attached hydrogens (tertiary/aromatic N) is 2. The van der Waals surface area contributed by atoms with Gasteiger partial charge in [-0.05, 0) is 74.6 Å². The van der Waals surface area contributed by atoms with Crippen LogP contribution in [0.25, 0.3) is 0 Å². The molecule has 2 aromatic rings. The maximum absolute atomic E-state index is 12.8. The number of benzene rings is 2. The molecule has 180 valence electrons. The molecule has 0 saturated heterocycles. The zero-order valence-electron chi connectivity index (χ0n) is 19.7. The summed E-state index contributed by atoms with van der Waals surface area (Å²) in [5, 5.41) is 0.973. The Morgan fingerprint density at radius 2 is 1.67 bits per heavy atom. The Balaban J connectivity index is 2.09. The first-order valence-electron chi connectivity index (χ1n) is 10.7. The highest BCUT2D eigenvalue weighted by atomic mass is 35.5. The third kappa shape index (κ3) is 5.76. The molecule has 1 amide bonds. The Morgan fingerprint density at radius 1 is 1.00 bits per heavy atom. The van der Waals surface area contributed by atoms with Crippen molar-refractivity contribution in [3.63, 3.8) is 0 Å². The molecule has 1 aliphatic carbocycles. The molecule has 2 atom stereocenters. The van der Waals surface area contributed by atoms with Crippen molar-refractivity contribution in [3.05, 3.63) is 63.1 Å². The second kappa shape index (κ2) is 9.35. The van der Waals surface area contributed by atoms with Crippen LogP contribution in [0, 0.1) is 0 Å². The molecule has 0 spiro atoms. The summed E-state index contributed by atoms with van der Waals surface area (Å²) in [5.74, 6) is 0.0376. The van der Waals surface area contributed by atoms with E-state index in [9.17, 15) is 13.2 Å². The topological polar surface area (TPSA) is 66.9 Å². The average Bonchev–Trinajstić information content (AvgIpc) is 2.71. The van der Waals surface area contributed by atoms with Crippen molar-refractivity contribution < 1.29 is 17.9 Å². The summed E-state index contributed by atoms with van der Waals surface area (Å²) in [6.45, 7) is 5.48. The zero-order chi connectivity index (χ0) is 24.7. The molecule has 9 heteroatoms. The summed E-state index contributed by atoms with van der Waals surface area (Å²) in [6, 6.07) is 10.9. The summed E-state index contributed by atoms with van der Waals surface area (Å²) in [6.07, 6.45) is 2.20. The Labute approximate surface area is 206 Å². The highest BCUT2D eigenvalue weighted by molar-refractivity contribution is 7.92. The molecule has 6 nitrogen and oxygen atoms in total. The van der Waals surface area contributed by atoms with Crippen LogP contribution < -0.4 is 4.31 Å². The van der Waals surface area contributed by atoms with Crippen LogP contribution >= 0.6 is 23.2 Å². The summed E-state index contributed by atoms with van der Waals surface area (Å²) < 4.78 is 31.1. The van der Waals surface area contributed by atoms with E-state index in [1.807, 2.05) is 45.0 Å². The Morgan fingerprint density at radius 3 is 2.24 bits per heavy atom. The van der Waals surface area contributed by atoms with Gasteiger partial charge in [-0.3, -0.25) is 4.31 Å². The first-order valence-corrected chi connectivity index (χ1v) is 13.3. The Kier molecular flexibility index (Phi) is 7.27. The van der Waals surface area contributed by atoms with E-state index in [0.717, 1.165) is 29.4 Å². The number of halogens is 2. The van der Waals surface area contributed by atoms with Crippen LogP contribution in [0.1, 0.15) is 62.3 Å². The lowest BCUT2D eigenvalue weighted by Gasteiger charge is -2.38. The number of hydrogen-bond donors (Lipinski definition) is 0. The number of hydrogen-bond acceptors (Lipinski definition) is 4. The molecule has 2 aromatic carbocycles. The smallest absolute Gasteiger partial charge is 0.410 e. The van der Waals surface area contributed by atoms with Crippen molar-refractivity contribution >= 4 is 45.0 Å². The number of sulfonamides is 1. The molecule has 0 saturated carbocycles. The van der Waals surface area contributed by atoms with E-state index < -0.39 is 21.7 Å². The van der Waals surface area contributed by atoms with Crippen LogP contribution in [0.5, 0.6) is 0 Å². The normalized spacial score (nSPS) is 18.4. The lowest BCUT2D eigenvalue weighted by Crippen LogP contribution is -2.38. The summed E-state index contributed by atoms with van der Waals surface area (Å²) >= 11 is 12.4. The number of amides is 1. The van der Waals surface area contributed by atoms with E-state index >= 15 is 0 Å². The number of fused-ring (bicyclic) bond motifs is 1. The van der Waals surface area contributed by atoms with E-state index in [4.69, 9.17) is 27.9 Å². The Hall–Kier alpha value is -1.96. The second-order valence-corrected chi connectivity index (χ2v) is 12.3. The minimum absolute atomic E-state index is 0.0376. The van der Waals surface area contributed by atoms with Crippen molar-refractivity contribution in [2.24, 2.45) is 0 Å². The molecule has 1 unspecified atom stereocenters. The fourth-order valence-corrected chi connectivity index (χ4v) is 4.93. The van der Waals surface area contributed by atoms with E-state index in [-0.39, 0.29) is 12.0 Å². The van der Waals surface area contributed by atoms with Gasteiger partial charge in [0.1, 0.15) is 5.60 Å².